The number of methoxy groups -OCH3 is 1. The number of nitrogens with zero attached hydrogens (tertiary/aromatic N) is 1. The number of aryl methyl sites for hydroxylation is 1. The Bertz CT molecular complexity index is 1470. The van der Waals surface area contributed by atoms with E-state index in [4.69, 9.17) is 13.9 Å². The van der Waals surface area contributed by atoms with Crippen LogP contribution in [-0.2, 0) is 4.79 Å². The van der Waals surface area contributed by atoms with Gasteiger partial charge >= 0.3 is 0 Å². The molecule has 8 heteroatoms. The Morgan fingerprint density at radius 1 is 1.14 bits per heavy atom. The second-order valence-corrected chi connectivity index (χ2v) is 8.23. The Labute approximate surface area is 208 Å². The van der Waals surface area contributed by atoms with Gasteiger partial charge in [-0.15, -0.1) is 0 Å². The Morgan fingerprint density at radius 2 is 1.89 bits per heavy atom. The van der Waals surface area contributed by atoms with Crippen LogP contribution in [0.25, 0.3) is 27.7 Å². The SMILES string of the molecule is CCOc1ccc(-c2coc3cc(OC)c(/C(C)=C/C(=O)Nc4ccc([N+](=O)[O-])cc4C)cc23)cc1. The molecule has 0 aliphatic carbocycles. The molecule has 0 saturated heterocycles. The second kappa shape index (κ2) is 10.4. The first kappa shape index (κ1) is 24.5. The smallest absolute Gasteiger partial charge is 0.269 e. The normalized spacial score (nSPS) is 11.4. The zero-order chi connectivity index (χ0) is 25.8. The fourth-order valence-corrected chi connectivity index (χ4v) is 4.00. The summed E-state index contributed by atoms with van der Waals surface area (Å²) in [5, 5.41) is 14.6. The van der Waals surface area contributed by atoms with Crippen LogP contribution in [-0.4, -0.2) is 24.5 Å². The monoisotopic (exact) mass is 486 g/mol. The summed E-state index contributed by atoms with van der Waals surface area (Å²) in [6, 6.07) is 15.8. The number of anilines is 1. The third-order valence-corrected chi connectivity index (χ3v) is 5.82. The number of nitro benzene ring substituents is 1. The average Bonchev–Trinajstić information content (AvgIpc) is 3.27. The van der Waals surface area contributed by atoms with Crippen molar-refractivity contribution in [1.82, 2.24) is 0 Å². The third kappa shape index (κ3) is 5.07. The van der Waals surface area contributed by atoms with Crippen molar-refractivity contribution in [3.63, 3.8) is 0 Å². The fourth-order valence-electron chi connectivity index (χ4n) is 4.00. The number of rotatable bonds is 8. The molecule has 0 spiro atoms. The van der Waals surface area contributed by atoms with Crippen molar-refractivity contribution >= 4 is 33.8 Å². The first-order chi connectivity index (χ1) is 17.3. The maximum absolute atomic E-state index is 12.8. The summed E-state index contributed by atoms with van der Waals surface area (Å²) in [5.74, 6) is 1.01. The van der Waals surface area contributed by atoms with Gasteiger partial charge in [0, 0.05) is 46.5 Å². The largest absolute Gasteiger partial charge is 0.496 e. The topological polar surface area (TPSA) is 104 Å². The van der Waals surface area contributed by atoms with E-state index in [2.05, 4.69) is 5.32 Å². The summed E-state index contributed by atoms with van der Waals surface area (Å²) in [5.41, 5.74) is 5.05. The van der Waals surface area contributed by atoms with Crippen LogP contribution in [0.1, 0.15) is 25.0 Å². The summed E-state index contributed by atoms with van der Waals surface area (Å²) in [6.07, 6.45) is 3.17. The molecule has 0 aliphatic rings. The molecule has 0 aliphatic heterocycles. The quantitative estimate of drug-likeness (QED) is 0.167. The zero-order valence-electron chi connectivity index (χ0n) is 20.5. The Hall–Kier alpha value is -4.59. The number of furan rings is 1. The van der Waals surface area contributed by atoms with Gasteiger partial charge in [0.25, 0.3) is 5.69 Å². The van der Waals surface area contributed by atoms with E-state index in [1.165, 1.54) is 24.3 Å². The van der Waals surface area contributed by atoms with Crippen molar-refractivity contribution in [2.75, 3.05) is 19.0 Å². The van der Waals surface area contributed by atoms with Crippen molar-refractivity contribution in [3.8, 4) is 22.6 Å². The van der Waals surface area contributed by atoms with Crippen LogP contribution < -0.4 is 14.8 Å². The number of benzene rings is 3. The van der Waals surface area contributed by atoms with E-state index in [0.29, 0.717) is 34.8 Å². The molecule has 1 N–H and O–H groups in total. The van der Waals surface area contributed by atoms with Gasteiger partial charge in [0.05, 0.1) is 24.9 Å². The zero-order valence-corrected chi connectivity index (χ0v) is 20.5. The molecule has 0 radical (unpaired) electrons. The molecule has 0 atom stereocenters. The lowest BCUT2D eigenvalue weighted by Crippen LogP contribution is -2.10. The van der Waals surface area contributed by atoms with Crippen LogP contribution in [0.2, 0.25) is 0 Å². The molecule has 1 aromatic heterocycles. The second-order valence-electron chi connectivity index (χ2n) is 8.23. The summed E-state index contributed by atoms with van der Waals surface area (Å²) in [7, 11) is 1.56. The predicted octanol–water partition coefficient (Wildman–Crippen LogP) is 6.77. The molecule has 3 aromatic carbocycles. The lowest BCUT2D eigenvalue weighted by molar-refractivity contribution is -0.384. The van der Waals surface area contributed by atoms with Crippen molar-refractivity contribution in [3.05, 3.63) is 88.2 Å². The van der Waals surface area contributed by atoms with Crippen LogP contribution in [0.3, 0.4) is 0 Å². The van der Waals surface area contributed by atoms with Gasteiger partial charge in [-0.3, -0.25) is 14.9 Å². The molecule has 36 heavy (non-hydrogen) atoms. The average molecular weight is 487 g/mol. The van der Waals surface area contributed by atoms with Crippen LogP contribution in [0.4, 0.5) is 11.4 Å². The number of hydrogen-bond acceptors (Lipinski definition) is 6. The van der Waals surface area contributed by atoms with E-state index in [-0.39, 0.29) is 11.6 Å². The summed E-state index contributed by atoms with van der Waals surface area (Å²) >= 11 is 0. The van der Waals surface area contributed by atoms with Gasteiger partial charge in [0.2, 0.25) is 5.91 Å². The van der Waals surface area contributed by atoms with E-state index in [9.17, 15) is 14.9 Å². The molecule has 0 bridgehead atoms. The number of ether oxygens (including phenoxy) is 2. The van der Waals surface area contributed by atoms with Gasteiger partial charge in [-0.25, -0.2) is 0 Å². The Morgan fingerprint density at radius 3 is 2.53 bits per heavy atom. The van der Waals surface area contributed by atoms with Crippen LogP contribution in [0.15, 0.2) is 71.4 Å². The first-order valence-corrected chi connectivity index (χ1v) is 11.4. The summed E-state index contributed by atoms with van der Waals surface area (Å²) in [6.45, 7) is 6.07. The van der Waals surface area contributed by atoms with Crippen molar-refractivity contribution in [2.45, 2.75) is 20.8 Å². The van der Waals surface area contributed by atoms with E-state index in [1.807, 2.05) is 44.2 Å². The number of fused-ring (bicyclic) bond motifs is 1. The van der Waals surface area contributed by atoms with Gasteiger partial charge in [-0.2, -0.15) is 0 Å². The molecule has 8 nitrogen and oxygen atoms in total. The molecule has 0 fully saturated rings. The number of nitrogens with one attached hydrogen (secondary N) is 1. The minimum atomic E-state index is -0.470. The third-order valence-electron chi connectivity index (χ3n) is 5.82. The molecule has 4 aromatic rings. The molecule has 0 saturated carbocycles. The number of amides is 1. The molecule has 1 heterocycles. The van der Waals surface area contributed by atoms with Crippen LogP contribution >= 0.6 is 0 Å². The number of non-ortho nitro benzene ring substituents is 1. The number of carbonyl (C=O) groups excluding carboxylic acids is 1. The molecule has 1 amide bonds. The Kier molecular flexibility index (Phi) is 7.05. The fraction of sp³-hybridized carbons (Fsp3) is 0.179. The minimum absolute atomic E-state index is 0.0290. The van der Waals surface area contributed by atoms with Gasteiger partial charge in [-0.1, -0.05) is 12.1 Å². The first-order valence-electron chi connectivity index (χ1n) is 11.4. The van der Waals surface area contributed by atoms with Crippen molar-refractivity contribution < 1.29 is 23.6 Å². The number of allylic oxidation sites excluding steroid dienone is 1. The predicted molar refractivity (Wildman–Crippen MR) is 139 cm³/mol. The lowest BCUT2D eigenvalue weighted by atomic mass is 9.99. The highest BCUT2D eigenvalue weighted by atomic mass is 16.6. The number of carbonyl (C=O) groups is 1. The molecular formula is C28H26N2O6. The van der Waals surface area contributed by atoms with E-state index in [1.54, 1.807) is 26.4 Å². The van der Waals surface area contributed by atoms with E-state index in [0.717, 1.165) is 27.8 Å². The maximum Gasteiger partial charge on any atom is 0.269 e. The molecule has 0 unspecified atom stereocenters. The number of nitro groups is 1. The highest BCUT2D eigenvalue weighted by Gasteiger charge is 2.16. The van der Waals surface area contributed by atoms with Crippen molar-refractivity contribution in [1.29, 1.82) is 0 Å². The summed E-state index contributed by atoms with van der Waals surface area (Å²) in [4.78, 5) is 23.3. The lowest BCUT2D eigenvalue weighted by Gasteiger charge is -2.11. The Balaban J connectivity index is 1.65. The van der Waals surface area contributed by atoms with Crippen molar-refractivity contribution in [2.24, 2.45) is 0 Å². The molecule has 4 rings (SSSR count). The maximum atomic E-state index is 12.8. The van der Waals surface area contributed by atoms with E-state index >= 15 is 0 Å². The van der Waals surface area contributed by atoms with Gasteiger partial charge in [0.15, 0.2) is 0 Å². The number of hydrogen-bond donors (Lipinski definition) is 1. The highest BCUT2D eigenvalue weighted by molar-refractivity contribution is 6.05. The van der Waals surface area contributed by atoms with Gasteiger partial charge in [0.1, 0.15) is 17.1 Å². The summed E-state index contributed by atoms with van der Waals surface area (Å²) < 4.78 is 16.9. The minimum Gasteiger partial charge on any atom is -0.496 e. The highest BCUT2D eigenvalue weighted by Crippen LogP contribution is 2.37. The van der Waals surface area contributed by atoms with E-state index < -0.39 is 4.92 Å². The van der Waals surface area contributed by atoms with Crippen LogP contribution in [0.5, 0.6) is 11.5 Å². The standard InChI is InChI=1S/C28H26N2O6/c1-5-35-21-9-6-19(7-10-21)24-16-36-27-15-26(34-4)22(14-23(24)27)17(2)13-28(31)29-25-11-8-20(30(32)33)12-18(25)3/h6-16H,5H2,1-4H3,(H,29,31)/b17-13+. The van der Waals surface area contributed by atoms with Gasteiger partial charge in [-0.05, 0) is 61.7 Å². The van der Waals surface area contributed by atoms with Crippen LogP contribution in [0, 0.1) is 17.0 Å². The van der Waals surface area contributed by atoms with Gasteiger partial charge < -0.3 is 19.2 Å². The molecular weight excluding hydrogens is 460 g/mol. The molecule has 184 valence electrons.